The molecule has 1 heterocycles. The van der Waals surface area contributed by atoms with E-state index in [2.05, 4.69) is 32.2 Å². The van der Waals surface area contributed by atoms with E-state index in [9.17, 15) is 4.79 Å². The van der Waals surface area contributed by atoms with Crippen LogP contribution in [0.25, 0.3) is 0 Å². The Hall–Kier alpha value is -1.79. The number of benzene rings is 2. The number of hydrogen-bond donors (Lipinski definition) is 1. The molecule has 0 saturated carbocycles. The van der Waals surface area contributed by atoms with Crippen LogP contribution in [-0.4, -0.2) is 31.1 Å². The molecule has 2 aromatic rings. The molecule has 0 radical (unpaired) electrons. The molecule has 150 valence electrons. The zero-order valence-electron chi connectivity index (χ0n) is 16.8. The van der Waals surface area contributed by atoms with Crippen molar-refractivity contribution < 1.29 is 14.3 Å². The van der Waals surface area contributed by atoms with Crippen molar-refractivity contribution in [2.24, 2.45) is 0 Å². The Morgan fingerprint density at radius 2 is 1.82 bits per heavy atom. The Kier molecular flexibility index (Phi) is 6.83. The fourth-order valence-electron chi connectivity index (χ4n) is 3.08. The van der Waals surface area contributed by atoms with Crippen molar-refractivity contribution >= 4 is 35.1 Å². The van der Waals surface area contributed by atoms with E-state index >= 15 is 0 Å². The minimum Gasteiger partial charge on any atom is -0.493 e. The van der Waals surface area contributed by atoms with Crippen molar-refractivity contribution in [2.75, 3.05) is 30.5 Å². The number of amides is 1. The van der Waals surface area contributed by atoms with Gasteiger partial charge in [-0.15, -0.1) is 23.5 Å². The summed E-state index contributed by atoms with van der Waals surface area (Å²) in [6.07, 6.45) is 0. The number of methoxy groups -OCH3 is 1. The summed E-state index contributed by atoms with van der Waals surface area (Å²) in [4.78, 5) is 12.5. The summed E-state index contributed by atoms with van der Waals surface area (Å²) in [5.74, 6) is 3.40. The average molecular weight is 418 g/mol. The minimum atomic E-state index is -0.190. The molecule has 1 aliphatic rings. The SMILES string of the molecule is COc1cc(C2SCCS2)ccc1OCC(=O)Nc1ccccc1C(C)(C)C. The van der Waals surface area contributed by atoms with Gasteiger partial charge in [-0.3, -0.25) is 4.79 Å². The first-order valence-electron chi connectivity index (χ1n) is 9.32. The lowest BCUT2D eigenvalue weighted by molar-refractivity contribution is -0.118. The molecule has 0 aliphatic carbocycles. The topological polar surface area (TPSA) is 47.6 Å². The third-order valence-electron chi connectivity index (χ3n) is 4.45. The zero-order valence-corrected chi connectivity index (χ0v) is 18.4. The molecule has 6 heteroatoms. The molecule has 0 aromatic heterocycles. The predicted octanol–water partition coefficient (Wildman–Crippen LogP) is 5.49. The molecule has 0 unspecified atom stereocenters. The van der Waals surface area contributed by atoms with Gasteiger partial charge < -0.3 is 14.8 Å². The number of nitrogens with one attached hydrogen (secondary N) is 1. The molecule has 3 rings (SSSR count). The highest BCUT2D eigenvalue weighted by atomic mass is 32.2. The molecule has 0 atom stereocenters. The van der Waals surface area contributed by atoms with Crippen LogP contribution in [0.2, 0.25) is 0 Å². The third kappa shape index (κ3) is 5.17. The fraction of sp³-hybridized carbons (Fsp3) is 0.409. The van der Waals surface area contributed by atoms with Crippen molar-refractivity contribution in [3.63, 3.8) is 0 Å². The van der Waals surface area contributed by atoms with E-state index in [-0.39, 0.29) is 17.9 Å². The highest BCUT2D eigenvalue weighted by Gasteiger charge is 2.21. The quantitative estimate of drug-likeness (QED) is 0.673. The number of rotatable bonds is 6. The van der Waals surface area contributed by atoms with Crippen LogP contribution in [-0.2, 0) is 10.2 Å². The largest absolute Gasteiger partial charge is 0.493 e. The van der Waals surface area contributed by atoms with Gasteiger partial charge in [0.25, 0.3) is 5.91 Å². The van der Waals surface area contributed by atoms with Gasteiger partial charge in [0.15, 0.2) is 18.1 Å². The second kappa shape index (κ2) is 9.14. The summed E-state index contributed by atoms with van der Waals surface area (Å²) < 4.78 is 11.7. The van der Waals surface area contributed by atoms with Gasteiger partial charge in [0.2, 0.25) is 0 Å². The molecule has 28 heavy (non-hydrogen) atoms. The van der Waals surface area contributed by atoms with Crippen LogP contribution in [0.1, 0.15) is 36.5 Å². The summed E-state index contributed by atoms with van der Waals surface area (Å²) in [6.45, 7) is 6.31. The zero-order chi connectivity index (χ0) is 20.1. The maximum atomic E-state index is 12.5. The first kappa shape index (κ1) is 20.9. The maximum Gasteiger partial charge on any atom is 0.262 e. The van der Waals surface area contributed by atoms with Gasteiger partial charge >= 0.3 is 0 Å². The summed E-state index contributed by atoms with van der Waals surface area (Å²) >= 11 is 3.89. The molecule has 1 aliphatic heterocycles. The highest BCUT2D eigenvalue weighted by molar-refractivity contribution is 8.19. The number of carbonyl (C=O) groups is 1. The lowest BCUT2D eigenvalue weighted by Crippen LogP contribution is -2.23. The van der Waals surface area contributed by atoms with Gasteiger partial charge in [-0.25, -0.2) is 0 Å². The predicted molar refractivity (Wildman–Crippen MR) is 120 cm³/mol. The normalized spacial score (nSPS) is 14.7. The van der Waals surface area contributed by atoms with Gasteiger partial charge in [0.1, 0.15) is 0 Å². The summed E-state index contributed by atoms with van der Waals surface area (Å²) in [7, 11) is 1.63. The first-order valence-corrected chi connectivity index (χ1v) is 11.4. The van der Waals surface area contributed by atoms with E-state index in [4.69, 9.17) is 9.47 Å². The van der Waals surface area contributed by atoms with Crippen LogP contribution in [0.15, 0.2) is 42.5 Å². The Morgan fingerprint density at radius 3 is 2.50 bits per heavy atom. The fourth-order valence-corrected chi connectivity index (χ4v) is 5.91. The van der Waals surface area contributed by atoms with Crippen LogP contribution in [0, 0.1) is 0 Å². The molecule has 1 N–H and O–H groups in total. The van der Waals surface area contributed by atoms with Crippen LogP contribution < -0.4 is 14.8 Å². The molecule has 1 amide bonds. The van der Waals surface area contributed by atoms with Crippen LogP contribution in [0.3, 0.4) is 0 Å². The van der Waals surface area contributed by atoms with Gasteiger partial charge in [0.05, 0.1) is 11.7 Å². The van der Waals surface area contributed by atoms with Gasteiger partial charge in [-0.1, -0.05) is 45.0 Å². The van der Waals surface area contributed by atoms with E-state index < -0.39 is 0 Å². The van der Waals surface area contributed by atoms with Crippen molar-refractivity contribution in [1.29, 1.82) is 0 Å². The number of thioether (sulfide) groups is 2. The Balaban J connectivity index is 1.65. The van der Waals surface area contributed by atoms with E-state index in [1.807, 2.05) is 59.9 Å². The summed E-state index contributed by atoms with van der Waals surface area (Å²) in [5, 5.41) is 2.97. The van der Waals surface area contributed by atoms with Gasteiger partial charge in [-0.05, 0) is 34.7 Å². The van der Waals surface area contributed by atoms with Crippen LogP contribution in [0.4, 0.5) is 5.69 Å². The third-order valence-corrected chi connectivity index (χ3v) is 7.55. The van der Waals surface area contributed by atoms with Crippen molar-refractivity contribution in [3.8, 4) is 11.5 Å². The number of para-hydroxylation sites is 1. The molecule has 1 saturated heterocycles. The molecule has 4 nitrogen and oxygen atoms in total. The second-order valence-electron chi connectivity index (χ2n) is 7.62. The lowest BCUT2D eigenvalue weighted by Gasteiger charge is -2.23. The Morgan fingerprint density at radius 1 is 1.11 bits per heavy atom. The molecule has 1 fully saturated rings. The van der Waals surface area contributed by atoms with Crippen LogP contribution in [0.5, 0.6) is 11.5 Å². The Labute approximate surface area is 175 Å². The van der Waals surface area contributed by atoms with E-state index in [0.29, 0.717) is 16.1 Å². The lowest BCUT2D eigenvalue weighted by atomic mass is 9.86. The molecular formula is C22H27NO3S2. The van der Waals surface area contributed by atoms with Crippen LogP contribution >= 0.6 is 23.5 Å². The minimum absolute atomic E-state index is 0.0555. The first-order chi connectivity index (χ1) is 13.4. The standard InChI is InChI=1S/C22H27NO3S2/c1-22(2,3)16-7-5-6-8-17(16)23-20(24)14-26-18-10-9-15(13-19(18)25-4)21-27-11-12-28-21/h5-10,13,21H,11-12,14H2,1-4H3,(H,23,24). The number of anilines is 1. The Bertz CT molecular complexity index is 827. The molecule has 2 aromatic carbocycles. The number of carbonyl (C=O) groups excluding carboxylic acids is 1. The van der Waals surface area contributed by atoms with Crippen molar-refractivity contribution in [3.05, 3.63) is 53.6 Å². The van der Waals surface area contributed by atoms with E-state index in [0.717, 1.165) is 11.3 Å². The number of hydrogen-bond acceptors (Lipinski definition) is 5. The highest BCUT2D eigenvalue weighted by Crippen LogP contribution is 2.46. The smallest absolute Gasteiger partial charge is 0.262 e. The number of ether oxygens (including phenoxy) is 2. The van der Waals surface area contributed by atoms with E-state index in [1.165, 1.54) is 17.1 Å². The maximum absolute atomic E-state index is 12.5. The second-order valence-corrected chi connectivity index (χ2v) is 10.3. The summed E-state index contributed by atoms with van der Waals surface area (Å²) in [5.41, 5.74) is 3.08. The molecule has 0 spiro atoms. The van der Waals surface area contributed by atoms with Gasteiger partial charge in [-0.2, -0.15) is 0 Å². The van der Waals surface area contributed by atoms with Gasteiger partial charge in [0, 0.05) is 17.2 Å². The summed E-state index contributed by atoms with van der Waals surface area (Å²) in [6, 6.07) is 13.8. The molecule has 0 bridgehead atoms. The molecular weight excluding hydrogens is 390 g/mol. The van der Waals surface area contributed by atoms with E-state index in [1.54, 1.807) is 7.11 Å². The van der Waals surface area contributed by atoms with Crippen molar-refractivity contribution in [2.45, 2.75) is 30.8 Å². The monoisotopic (exact) mass is 417 g/mol. The average Bonchev–Trinajstić information content (AvgIpc) is 3.20. The van der Waals surface area contributed by atoms with Crippen molar-refractivity contribution in [1.82, 2.24) is 0 Å².